The summed E-state index contributed by atoms with van der Waals surface area (Å²) in [5, 5.41) is 15.2. The molecule has 2 aromatic rings. The van der Waals surface area contributed by atoms with Crippen LogP contribution < -0.4 is 10.6 Å². The zero-order valence-electron chi connectivity index (χ0n) is 19.8. The van der Waals surface area contributed by atoms with Gasteiger partial charge in [-0.15, -0.1) is 0 Å². The molecule has 1 saturated carbocycles. The van der Waals surface area contributed by atoms with Crippen LogP contribution in [-0.2, 0) is 11.8 Å². The number of nitrogens with zero attached hydrogens (tertiary/aromatic N) is 1. The number of hydrogen-bond donors (Lipinski definition) is 3. The SMILES string of the molecule is Cc1cc(NC(=O)c2c(C)c(C(=O)C(=O)N[C@H]3CC[C@@H](O)CC3)n(C)c2C(C)C)ccc1F. The van der Waals surface area contributed by atoms with Crippen molar-refractivity contribution in [2.75, 3.05) is 5.32 Å². The third-order valence-corrected chi connectivity index (χ3v) is 6.33. The van der Waals surface area contributed by atoms with Crippen molar-refractivity contribution in [2.45, 2.75) is 71.4 Å². The van der Waals surface area contributed by atoms with Gasteiger partial charge in [-0.1, -0.05) is 13.8 Å². The maximum atomic E-state index is 13.6. The van der Waals surface area contributed by atoms with Crippen molar-refractivity contribution < 1.29 is 23.9 Å². The third-order valence-electron chi connectivity index (χ3n) is 6.33. The van der Waals surface area contributed by atoms with Crippen LogP contribution in [0.1, 0.15) is 83.1 Å². The molecular weight excluding hydrogens is 425 g/mol. The summed E-state index contributed by atoms with van der Waals surface area (Å²) in [6.45, 7) is 7.10. The Labute approximate surface area is 193 Å². The van der Waals surface area contributed by atoms with E-state index in [4.69, 9.17) is 0 Å². The summed E-state index contributed by atoms with van der Waals surface area (Å²) in [6, 6.07) is 4.16. The average molecular weight is 458 g/mol. The van der Waals surface area contributed by atoms with E-state index in [1.54, 1.807) is 31.5 Å². The Hall–Kier alpha value is -3.00. The Morgan fingerprint density at radius 1 is 1.12 bits per heavy atom. The number of carbonyl (C=O) groups is 3. The van der Waals surface area contributed by atoms with Crippen molar-refractivity contribution in [3.8, 4) is 0 Å². The van der Waals surface area contributed by atoms with Gasteiger partial charge in [0.2, 0.25) is 0 Å². The molecule has 0 unspecified atom stereocenters. The second kappa shape index (κ2) is 9.87. The zero-order chi connectivity index (χ0) is 24.4. The monoisotopic (exact) mass is 457 g/mol. The molecule has 33 heavy (non-hydrogen) atoms. The highest BCUT2D eigenvalue weighted by atomic mass is 19.1. The summed E-state index contributed by atoms with van der Waals surface area (Å²) in [6.07, 6.45) is 2.06. The quantitative estimate of drug-likeness (QED) is 0.454. The number of aliphatic hydroxyl groups excluding tert-OH is 1. The highest BCUT2D eigenvalue weighted by Crippen LogP contribution is 2.29. The average Bonchev–Trinajstić information content (AvgIpc) is 3.02. The lowest BCUT2D eigenvalue weighted by molar-refractivity contribution is -0.118. The minimum atomic E-state index is -0.712. The third kappa shape index (κ3) is 5.16. The smallest absolute Gasteiger partial charge is 0.294 e. The minimum absolute atomic E-state index is 0.0890. The molecule has 0 aliphatic heterocycles. The van der Waals surface area contributed by atoms with E-state index in [0.29, 0.717) is 53.8 Å². The highest BCUT2D eigenvalue weighted by Gasteiger charge is 2.32. The molecule has 3 rings (SSSR count). The molecule has 8 heteroatoms. The molecule has 3 N–H and O–H groups in total. The van der Waals surface area contributed by atoms with E-state index in [1.807, 2.05) is 13.8 Å². The van der Waals surface area contributed by atoms with Crippen molar-refractivity contribution in [1.29, 1.82) is 0 Å². The zero-order valence-corrected chi connectivity index (χ0v) is 19.8. The number of rotatable bonds is 6. The number of Topliss-reactive ketones (excluding diaryl/α,β-unsaturated/α-hetero) is 1. The number of halogens is 1. The Morgan fingerprint density at radius 3 is 2.33 bits per heavy atom. The number of amides is 2. The Bertz CT molecular complexity index is 1080. The first-order valence-electron chi connectivity index (χ1n) is 11.3. The lowest BCUT2D eigenvalue weighted by atomic mass is 9.93. The van der Waals surface area contributed by atoms with E-state index in [9.17, 15) is 23.9 Å². The van der Waals surface area contributed by atoms with Gasteiger partial charge in [0.25, 0.3) is 17.6 Å². The van der Waals surface area contributed by atoms with Crippen LogP contribution in [0.15, 0.2) is 18.2 Å². The number of anilines is 1. The van der Waals surface area contributed by atoms with Gasteiger partial charge in [0.15, 0.2) is 0 Å². The fourth-order valence-electron chi connectivity index (χ4n) is 4.63. The van der Waals surface area contributed by atoms with Gasteiger partial charge < -0.3 is 20.3 Å². The fraction of sp³-hybridized carbons (Fsp3) is 0.480. The number of aryl methyl sites for hydroxylation is 1. The Morgan fingerprint density at radius 2 is 1.76 bits per heavy atom. The molecule has 0 atom stereocenters. The molecule has 0 bridgehead atoms. The van der Waals surface area contributed by atoms with E-state index >= 15 is 0 Å². The minimum Gasteiger partial charge on any atom is -0.393 e. The number of nitrogens with one attached hydrogen (secondary N) is 2. The maximum Gasteiger partial charge on any atom is 0.294 e. The molecule has 1 aromatic carbocycles. The van der Waals surface area contributed by atoms with E-state index < -0.39 is 17.6 Å². The van der Waals surface area contributed by atoms with Gasteiger partial charge in [0.1, 0.15) is 5.82 Å². The second-order valence-corrected chi connectivity index (χ2v) is 9.17. The summed E-state index contributed by atoms with van der Waals surface area (Å²) in [7, 11) is 1.68. The highest BCUT2D eigenvalue weighted by molar-refractivity contribution is 6.43. The lowest BCUT2D eigenvalue weighted by Crippen LogP contribution is -2.42. The molecule has 1 aliphatic rings. The standard InChI is InChI=1S/C25H32FN3O4/c1-13(2)21-20(24(32)28-17-8-11-19(26)14(3)12-17)15(4)22(29(21)5)23(31)25(33)27-16-6-9-18(30)10-7-16/h8,11-13,16,18,30H,6-7,9-10H2,1-5H3,(H,27,33)(H,28,32)/t16-,18+. The van der Waals surface area contributed by atoms with Crippen LogP contribution >= 0.6 is 0 Å². The molecule has 7 nitrogen and oxygen atoms in total. The molecule has 178 valence electrons. The molecule has 1 fully saturated rings. The van der Waals surface area contributed by atoms with Gasteiger partial charge in [-0.05, 0) is 74.8 Å². The largest absolute Gasteiger partial charge is 0.393 e. The van der Waals surface area contributed by atoms with Crippen molar-refractivity contribution in [2.24, 2.45) is 7.05 Å². The summed E-state index contributed by atoms with van der Waals surface area (Å²) < 4.78 is 15.2. The molecule has 1 aromatic heterocycles. The number of carbonyl (C=O) groups excluding carboxylic acids is 3. The van der Waals surface area contributed by atoms with Gasteiger partial charge in [0.05, 0.1) is 17.4 Å². The normalized spacial score (nSPS) is 18.3. The maximum absolute atomic E-state index is 13.6. The van der Waals surface area contributed by atoms with Crippen molar-refractivity contribution >= 4 is 23.3 Å². The molecule has 2 amide bonds. The van der Waals surface area contributed by atoms with Gasteiger partial charge in [0, 0.05) is 24.5 Å². The topological polar surface area (TPSA) is 100 Å². The molecule has 0 radical (unpaired) electrons. The van der Waals surface area contributed by atoms with Gasteiger partial charge in [-0.25, -0.2) is 4.39 Å². The van der Waals surface area contributed by atoms with Crippen LogP contribution in [0.5, 0.6) is 0 Å². The van der Waals surface area contributed by atoms with Crippen LogP contribution in [0.25, 0.3) is 0 Å². The summed E-state index contributed by atoms with van der Waals surface area (Å²) in [5.74, 6) is -2.28. The van der Waals surface area contributed by atoms with Gasteiger partial charge >= 0.3 is 0 Å². The summed E-state index contributed by atoms with van der Waals surface area (Å²) in [5.41, 5.74) is 2.43. The van der Waals surface area contributed by atoms with Crippen LogP contribution in [0.3, 0.4) is 0 Å². The molecule has 1 aliphatic carbocycles. The lowest BCUT2D eigenvalue weighted by Gasteiger charge is -2.25. The molecule has 0 spiro atoms. The van der Waals surface area contributed by atoms with Crippen LogP contribution in [0.4, 0.5) is 10.1 Å². The summed E-state index contributed by atoms with van der Waals surface area (Å²) >= 11 is 0. The van der Waals surface area contributed by atoms with Crippen molar-refractivity contribution in [3.63, 3.8) is 0 Å². The van der Waals surface area contributed by atoms with Crippen molar-refractivity contribution in [3.05, 3.63) is 52.1 Å². The second-order valence-electron chi connectivity index (χ2n) is 9.17. The number of ketones is 1. The first kappa shape index (κ1) is 24.6. The summed E-state index contributed by atoms with van der Waals surface area (Å²) in [4.78, 5) is 39.1. The van der Waals surface area contributed by atoms with Gasteiger partial charge in [-0.2, -0.15) is 0 Å². The van der Waals surface area contributed by atoms with E-state index in [1.165, 1.54) is 12.1 Å². The first-order valence-corrected chi connectivity index (χ1v) is 11.3. The number of aromatic nitrogens is 1. The van der Waals surface area contributed by atoms with Crippen LogP contribution in [-0.4, -0.2) is 39.4 Å². The van der Waals surface area contributed by atoms with E-state index in [-0.39, 0.29) is 29.6 Å². The van der Waals surface area contributed by atoms with Crippen LogP contribution in [0.2, 0.25) is 0 Å². The van der Waals surface area contributed by atoms with E-state index in [0.717, 1.165) is 0 Å². The molecule has 0 saturated heterocycles. The first-order chi connectivity index (χ1) is 15.5. The predicted molar refractivity (Wildman–Crippen MR) is 124 cm³/mol. The van der Waals surface area contributed by atoms with Crippen LogP contribution in [0, 0.1) is 19.7 Å². The molecule has 1 heterocycles. The van der Waals surface area contributed by atoms with Crippen molar-refractivity contribution in [1.82, 2.24) is 9.88 Å². The molecular formula is C25H32FN3O4. The number of benzene rings is 1. The Balaban J connectivity index is 1.89. The van der Waals surface area contributed by atoms with Gasteiger partial charge in [-0.3, -0.25) is 14.4 Å². The number of aliphatic hydroxyl groups is 1. The van der Waals surface area contributed by atoms with E-state index in [2.05, 4.69) is 10.6 Å². The number of hydrogen-bond acceptors (Lipinski definition) is 4. The fourth-order valence-corrected chi connectivity index (χ4v) is 4.63. The Kier molecular flexibility index (Phi) is 7.37. The predicted octanol–water partition coefficient (Wildman–Crippen LogP) is 3.76.